The number of carbonyl (C=O) groups is 3. The van der Waals surface area contributed by atoms with Gasteiger partial charge in [0, 0.05) is 30.3 Å². The van der Waals surface area contributed by atoms with Gasteiger partial charge < -0.3 is 9.32 Å². The maximum absolute atomic E-state index is 12.6. The maximum Gasteiger partial charge on any atom is 0.294 e. The Labute approximate surface area is 185 Å². The number of nitrogens with zero attached hydrogens (tertiary/aromatic N) is 3. The van der Waals surface area contributed by atoms with Crippen molar-refractivity contribution in [2.45, 2.75) is 12.8 Å². The molecule has 0 saturated carbocycles. The minimum absolute atomic E-state index is 0.116. The highest BCUT2D eigenvalue weighted by molar-refractivity contribution is 8.18. The summed E-state index contributed by atoms with van der Waals surface area (Å²) in [6.45, 7) is 0.982. The molecule has 2 aromatic rings. The molecule has 9 nitrogen and oxygen atoms in total. The Morgan fingerprint density at radius 2 is 1.97 bits per heavy atom. The largest absolute Gasteiger partial charge is 0.456 e. The van der Waals surface area contributed by atoms with Gasteiger partial charge in [0.1, 0.15) is 18.1 Å². The van der Waals surface area contributed by atoms with Crippen LogP contribution < -0.4 is 0 Å². The van der Waals surface area contributed by atoms with Crippen LogP contribution in [0.25, 0.3) is 17.4 Å². The van der Waals surface area contributed by atoms with Crippen molar-refractivity contribution in [3.63, 3.8) is 0 Å². The van der Waals surface area contributed by atoms with Gasteiger partial charge >= 0.3 is 0 Å². The molecule has 0 unspecified atom stereocenters. The molecule has 2 aliphatic heterocycles. The fourth-order valence-electron chi connectivity index (χ4n) is 3.41. The van der Waals surface area contributed by atoms with Gasteiger partial charge in [-0.1, -0.05) is 11.6 Å². The highest BCUT2D eigenvalue weighted by Crippen LogP contribution is 2.36. The lowest BCUT2D eigenvalue weighted by Crippen LogP contribution is -2.40. The van der Waals surface area contributed by atoms with Crippen molar-refractivity contribution in [3.05, 3.63) is 56.1 Å². The van der Waals surface area contributed by atoms with Crippen LogP contribution >= 0.6 is 23.4 Å². The van der Waals surface area contributed by atoms with Gasteiger partial charge in [0.25, 0.3) is 16.8 Å². The van der Waals surface area contributed by atoms with E-state index in [0.717, 1.165) is 29.5 Å². The van der Waals surface area contributed by atoms with Gasteiger partial charge in [-0.05, 0) is 48.9 Å². The molecule has 11 heteroatoms. The van der Waals surface area contributed by atoms with Crippen LogP contribution in [-0.4, -0.2) is 51.4 Å². The van der Waals surface area contributed by atoms with Crippen LogP contribution in [0.1, 0.15) is 18.6 Å². The van der Waals surface area contributed by atoms with E-state index in [1.807, 2.05) is 0 Å². The zero-order chi connectivity index (χ0) is 22.1. The van der Waals surface area contributed by atoms with E-state index >= 15 is 0 Å². The van der Waals surface area contributed by atoms with Crippen molar-refractivity contribution in [2.24, 2.45) is 0 Å². The summed E-state index contributed by atoms with van der Waals surface area (Å²) in [4.78, 5) is 50.6. The number of furan rings is 1. The quantitative estimate of drug-likeness (QED) is 0.373. The number of rotatable bonds is 5. The SMILES string of the molecule is O=C(CN1C(=O)S/C(=C\c2ccc(-c3ccc(Cl)cc3[N+](=O)[O-])o2)C1=O)N1CCCC1. The third kappa shape index (κ3) is 4.35. The van der Waals surface area contributed by atoms with Gasteiger partial charge in [0.15, 0.2) is 0 Å². The first-order valence-corrected chi connectivity index (χ1v) is 10.6. The normalized spacial score (nSPS) is 17.8. The second-order valence-corrected chi connectivity index (χ2v) is 8.41. The Balaban J connectivity index is 1.53. The molecule has 2 saturated heterocycles. The Morgan fingerprint density at radius 1 is 1.23 bits per heavy atom. The monoisotopic (exact) mass is 461 g/mol. The van der Waals surface area contributed by atoms with Crippen LogP contribution in [0.15, 0.2) is 39.7 Å². The number of hydrogen-bond donors (Lipinski definition) is 0. The summed E-state index contributed by atoms with van der Waals surface area (Å²) >= 11 is 6.56. The van der Waals surface area contributed by atoms with Crippen molar-refractivity contribution < 1.29 is 23.7 Å². The molecule has 0 bridgehead atoms. The van der Waals surface area contributed by atoms with Gasteiger partial charge in [-0.15, -0.1) is 0 Å². The lowest BCUT2D eigenvalue weighted by atomic mass is 10.1. The minimum Gasteiger partial charge on any atom is -0.456 e. The van der Waals surface area contributed by atoms with Crippen molar-refractivity contribution >= 4 is 52.2 Å². The van der Waals surface area contributed by atoms with E-state index in [1.165, 1.54) is 36.4 Å². The molecule has 3 amide bonds. The summed E-state index contributed by atoms with van der Waals surface area (Å²) in [5.41, 5.74) is 0.0208. The predicted octanol–water partition coefficient (Wildman–Crippen LogP) is 4.17. The molecule has 0 aliphatic carbocycles. The van der Waals surface area contributed by atoms with Crippen LogP contribution in [-0.2, 0) is 9.59 Å². The third-order valence-corrected chi connectivity index (χ3v) is 6.09. The summed E-state index contributed by atoms with van der Waals surface area (Å²) in [6.07, 6.45) is 3.22. The van der Waals surface area contributed by atoms with Crippen molar-refractivity contribution in [2.75, 3.05) is 19.6 Å². The fraction of sp³-hybridized carbons (Fsp3) is 0.250. The average Bonchev–Trinajstić information content (AvgIpc) is 3.47. The molecule has 0 radical (unpaired) electrons. The summed E-state index contributed by atoms with van der Waals surface area (Å²) in [7, 11) is 0. The number of nitro benzene ring substituents is 1. The Bertz CT molecular complexity index is 1120. The fourth-order valence-corrected chi connectivity index (χ4v) is 4.39. The lowest BCUT2D eigenvalue weighted by Gasteiger charge is -2.18. The highest BCUT2D eigenvalue weighted by atomic mass is 35.5. The first-order chi connectivity index (χ1) is 14.8. The number of halogens is 1. The number of benzene rings is 1. The number of imide groups is 1. The van der Waals surface area contributed by atoms with Crippen LogP contribution in [0, 0.1) is 10.1 Å². The summed E-state index contributed by atoms with van der Waals surface area (Å²) in [6, 6.07) is 7.28. The molecule has 0 atom stereocenters. The Hall–Kier alpha value is -3.11. The van der Waals surface area contributed by atoms with Crippen LogP contribution in [0.3, 0.4) is 0 Å². The number of carbonyl (C=O) groups excluding carboxylic acids is 3. The molecule has 1 aromatic carbocycles. The molecular weight excluding hydrogens is 446 g/mol. The second-order valence-electron chi connectivity index (χ2n) is 6.98. The lowest BCUT2D eigenvalue weighted by molar-refractivity contribution is -0.384. The van der Waals surface area contributed by atoms with E-state index in [2.05, 4.69) is 0 Å². The summed E-state index contributed by atoms with van der Waals surface area (Å²) in [5, 5.41) is 11.0. The number of amides is 3. The van der Waals surface area contributed by atoms with Gasteiger partial charge in [-0.3, -0.25) is 29.4 Å². The zero-order valence-corrected chi connectivity index (χ0v) is 17.6. The van der Waals surface area contributed by atoms with Crippen molar-refractivity contribution in [1.82, 2.24) is 9.80 Å². The summed E-state index contributed by atoms with van der Waals surface area (Å²) in [5.74, 6) is -0.358. The molecule has 160 valence electrons. The zero-order valence-electron chi connectivity index (χ0n) is 16.1. The molecule has 1 aromatic heterocycles. The standard InChI is InChI=1S/C20H16ClN3O6S/c21-12-3-5-14(15(9-12)24(28)29)16-6-4-13(30-16)10-17-19(26)23(20(27)31-17)11-18(25)22-7-1-2-8-22/h3-6,9-10H,1-2,7-8,11H2/b17-10-. The molecule has 2 aliphatic rings. The van der Waals surface area contributed by atoms with E-state index in [1.54, 1.807) is 4.90 Å². The topological polar surface area (TPSA) is 114 Å². The number of thioether (sulfide) groups is 1. The van der Waals surface area contributed by atoms with Gasteiger partial charge in [-0.2, -0.15) is 0 Å². The second kappa shape index (κ2) is 8.56. The van der Waals surface area contributed by atoms with Crippen molar-refractivity contribution in [3.8, 4) is 11.3 Å². The molecule has 31 heavy (non-hydrogen) atoms. The Kier molecular flexibility index (Phi) is 5.84. The van der Waals surface area contributed by atoms with E-state index in [4.69, 9.17) is 16.0 Å². The average molecular weight is 462 g/mol. The van der Waals surface area contributed by atoms with E-state index in [-0.39, 0.29) is 45.2 Å². The van der Waals surface area contributed by atoms with E-state index in [9.17, 15) is 24.5 Å². The van der Waals surface area contributed by atoms with Gasteiger partial charge in [0.05, 0.1) is 15.4 Å². The number of likely N-dealkylation sites (tertiary alicyclic amines) is 1. The number of nitro groups is 1. The molecule has 0 spiro atoms. The minimum atomic E-state index is -0.571. The molecular formula is C20H16ClN3O6S. The molecule has 3 heterocycles. The smallest absolute Gasteiger partial charge is 0.294 e. The Morgan fingerprint density at radius 3 is 2.68 bits per heavy atom. The van der Waals surface area contributed by atoms with Gasteiger partial charge in [-0.25, -0.2) is 0 Å². The molecule has 2 fully saturated rings. The summed E-state index contributed by atoms with van der Waals surface area (Å²) < 4.78 is 5.65. The van der Waals surface area contributed by atoms with E-state index < -0.39 is 16.1 Å². The van der Waals surface area contributed by atoms with Crippen molar-refractivity contribution in [1.29, 1.82) is 0 Å². The first kappa shape index (κ1) is 21.1. The maximum atomic E-state index is 12.6. The number of hydrogen-bond acceptors (Lipinski definition) is 7. The van der Waals surface area contributed by atoms with Crippen LogP contribution in [0.5, 0.6) is 0 Å². The molecule has 4 rings (SSSR count). The van der Waals surface area contributed by atoms with Crippen LogP contribution in [0.2, 0.25) is 5.02 Å². The highest BCUT2D eigenvalue weighted by Gasteiger charge is 2.37. The first-order valence-electron chi connectivity index (χ1n) is 9.41. The molecule has 0 N–H and O–H groups in total. The third-order valence-electron chi connectivity index (χ3n) is 4.95. The van der Waals surface area contributed by atoms with Gasteiger partial charge in [0.2, 0.25) is 5.91 Å². The van der Waals surface area contributed by atoms with E-state index in [0.29, 0.717) is 13.1 Å². The van der Waals surface area contributed by atoms with Crippen LogP contribution in [0.4, 0.5) is 10.5 Å². The predicted molar refractivity (Wildman–Crippen MR) is 114 cm³/mol.